The molecular formula is C20H27FN2O4. The van der Waals surface area contributed by atoms with Gasteiger partial charge < -0.3 is 19.6 Å². The average Bonchev–Trinajstić information content (AvgIpc) is 2.68. The molecule has 2 aliphatic heterocycles. The van der Waals surface area contributed by atoms with Crippen LogP contribution in [0.2, 0.25) is 0 Å². The lowest BCUT2D eigenvalue weighted by molar-refractivity contribution is -0.146. The summed E-state index contributed by atoms with van der Waals surface area (Å²) in [6, 6.07) is 5.90. The van der Waals surface area contributed by atoms with Crippen molar-refractivity contribution in [3.63, 3.8) is 0 Å². The van der Waals surface area contributed by atoms with E-state index >= 15 is 0 Å². The van der Waals surface area contributed by atoms with Crippen LogP contribution in [-0.4, -0.2) is 66.6 Å². The van der Waals surface area contributed by atoms with E-state index in [1.165, 1.54) is 12.1 Å². The van der Waals surface area contributed by atoms with E-state index < -0.39 is 5.60 Å². The molecule has 7 heteroatoms. The van der Waals surface area contributed by atoms with Crippen LogP contribution in [-0.2, 0) is 19.9 Å². The van der Waals surface area contributed by atoms with Gasteiger partial charge >= 0.3 is 0 Å². The summed E-state index contributed by atoms with van der Waals surface area (Å²) in [5, 5.41) is 10.9. The molecule has 0 aromatic heterocycles. The van der Waals surface area contributed by atoms with Crippen molar-refractivity contribution in [3.05, 3.63) is 35.6 Å². The van der Waals surface area contributed by atoms with Gasteiger partial charge in [-0.2, -0.15) is 0 Å². The number of rotatable bonds is 5. The fourth-order valence-electron chi connectivity index (χ4n) is 3.94. The number of hydrogen-bond acceptors (Lipinski definition) is 4. The highest BCUT2D eigenvalue weighted by molar-refractivity contribution is 5.84. The number of methoxy groups -OCH3 is 1. The lowest BCUT2D eigenvalue weighted by atomic mass is 9.84. The van der Waals surface area contributed by atoms with Gasteiger partial charge in [-0.05, 0) is 37.0 Å². The molecule has 0 spiro atoms. The highest BCUT2D eigenvalue weighted by Crippen LogP contribution is 2.34. The number of benzene rings is 1. The quantitative estimate of drug-likeness (QED) is 0.844. The first-order valence-electron chi connectivity index (χ1n) is 9.47. The Hall–Kier alpha value is -1.99. The molecule has 1 aromatic rings. The molecule has 0 saturated carbocycles. The van der Waals surface area contributed by atoms with Gasteiger partial charge in [0, 0.05) is 39.7 Å². The number of ether oxygens (including phenoxy) is 1. The van der Waals surface area contributed by atoms with Crippen LogP contribution in [0.1, 0.15) is 31.2 Å². The van der Waals surface area contributed by atoms with Gasteiger partial charge in [0.15, 0.2) is 0 Å². The zero-order valence-corrected chi connectivity index (χ0v) is 15.7. The number of hydrogen-bond donors (Lipinski definition) is 1. The van der Waals surface area contributed by atoms with Crippen molar-refractivity contribution in [2.45, 2.75) is 31.3 Å². The van der Waals surface area contributed by atoms with E-state index in [9.17, 15) is 19.1 Å². The summed E-state index contributed by atoms with van der Waals surface area (Å²) in [5.41, 5.74) is -0.345. The summed E-state index contributed by atoms with van der Waals surface area (Å²) in [6.07, 6.45) is 1.79. The van der Waals surface area contributed by atoms with E-state index in [2.05, 4.69) is 0 Å². The molecule has 3 rings (SSSR count). The molecule has 1 N–H and O–H groups in total. The number of piperidine rings is 2. The van der Waals surface area contributed by atoms with Crippen LogP contribution in [0.15, 0.2) is 24.3 Å². The van der Waals surface area contributed by atoms with Crippen LogP contribution in [0.4, 0.5) is 4.39 Å². The maximum Gasteiger partial charge on any atom is 0.227 e. The standard InChI is InChI=1S/C20H27FN2O4/c1-27-13-12-23-14-15(2-7-18(23)24)19(25)22-10-8-20(26,9-11-22)16-3-5-17(21)6-4-16/h3-6,15,26H,2,7-14H2,1H3/t15-/m1/s1. The molecular weight excluding hydrogens is 351 g/mol. The van der Waals surface area contributed by atoms with Gasteiger partial charge in [-0.1, -0.05) is 12.1 Å². The second-order valence-corrected chi connectivity index (χ2v) is 7.43. The Kier molecular flexibility index (Phi) is 6.11. The second-order valence-electron chi connectivity index (χ2n) is 7.43. The van der Waals surface area contributed by atoms with E-state index in [4.69, 9.17) is 4.74 Å². The molecule has 2 heterocycles. The Bertz CT molecular complexity index is 671. The van der Waals surface area contributed by atoms with Gasteiger partial charge in [0.1, 0.15) is 5.82 Å². The molecule has 1 atom stereocenters. The van der Waals surface area contributed by atoms with E-state index in [-0.39, 0.29) is 23.5 Å². The molecule has 2 amide bonds. The highest BCUT2D eigenvalue weighted by atomic mass is 19.1. The first-order valence-corrected chi connectivity index (χ1v) is 9.47. The summed E-state index contributed by atoms with van der Waals surface area (Å²) >= 11 is 0. The van der Waals surface area contributed by atoms with Gasteiger partial charge in [0.25, 0.3) is 0 Å². The van der Waals surface area contributed by atoms with Crippen molar-refractivity contribution in [1.29, 1.82) is 0 Å². The Morgan fingerprint density at radius 3 is 2.59 bits per heavy atom. The first-order chi connectivity index (χ1) is 12.9. The smallest absolute Gasteiger partial charge is 0.227 e. The lowest BCUT2D eigenvalue weighted by Crippen LogP contribution is -2.51. The molecule has 27 heavy (non-hydrogen) atoms. The molecule has 0 aliphatic carbocycles. The molecule has 2 saturated heterocycles. The molecule has 6 nitrogen and oxygen atoms in total. The van der Waals surface area contributed by atoms with Gasteiger partial charge in [0.05, 0.1) is 18.1 Å². The zero-order valence-electron chi connectivity index (χ0n) is 15.7. The predicted molar refractivity (Wildman–Crippen MR) is 97.3 cm³/mol. The minimum atomic E-state index is -1.03. The summed E-state index contributed by atoms with van der Waals surface area (Å²) in [5.74, 6) is -0.414. The number of carbonyl (C=O) groups excluding carboxylic acids is 2. The normalized spacial score (nSPS) is 22.8. The molecule has 0 unspecified atom stereocenters. The molecule has 2 fully saturated rings. The molecule has 0 radical (unpaired) electrons. The van der Waals surface area contributed by atoms with E-state index in [0.717, 1.165) is 0 Å². The Morgan fingerprint density at radius 2 is 1.96 bits per heavy atom. The summed E-state index contributed by atoms with van der Waals surface area (Å²) < 4.78 is 18.2. The minimum absolute atomic E-state index is 0.0473. The SMILES string of the molecule is COCCN1C[C@H](C(=O)N2CCC(O)(c3ccc(F)cc3)CC2)CCC1=O. The third kappa shape index (κ3) is 4.47. The number of likely N-dealkylation sites (tertiary alicyclic amines) is 2. The first kappa shape index (κ1) is 19.8. The van der Waals surface area contributed by atoms with Crippen LogP contribution in [0, 0.1) is 11.7 Å². The number of aliphatic hydroxyl groups is 1. The number of amides is 2. The van der Waals surface area contributed by atoms with E-state index in [1.54, 1.807) is 29.0 Å². The lowest BCUT2D eigenvalue weighted by Gasteiger charge is -2.41. The Labute approximate surface area is 158 Å². The van der Waals surface area contributed by atoms with Crippen LogP contribution < -0.4 is 0 Å². The number of carbonyl (C=O) groups is 2. The van der Waals surface area contributed by atoms with Gasteiger partial charge in [-0.3, -0.25) is 9.59 Å². The van der Waals surface area contributed by atoms with Crippen molar-refractivity contribution in [2.75, 3.05) is 39.9 Å². The maximum atomic E-state index is 13.1. The largest absolute Gasteiger partial charge is 0.385 e. The number of nitrogens with zero attached hydrogens (tertiary/aromatic N) is 2. The van der Waals surface area contributed by atoms with Gasteiger partial charge in [-0.15, -0.1) is 0 Å². The molecule has 148 valence electrons. The topological polar surface area (TPSA) is 70.1 Å². The third-order valence-corrected chi connectivity index (χ3v) is 5.70. The third-order valence-electron chi connectivity index (χ3n) is 5.70. The molecule has 0 bridgehead atoms. The van der Waals surface area contributed by atoms with Gasteiger partial charge in [0.2, 0.25) is 11.8 Å². The summed E-state index contributed by atoms with van der Waals surface area (Å²) in [6.45, 7) is 2.30. The van der Waals surface area contributed by atoms with E-state index in [1.807, 2.05) is 0 Å². The molecule has 2 aliphatic rings. The average molecular weight is 378 g/mol. The van der Waals surface area contributed by atoms with Crippen molar-refractivity contribution >= 4 is 11.8 Å². The van der Waals surface area contributed by atoms with Crippen molar-refractivity contribution in [2.24, 2.45) is 5.92 Å². The van der Waals surface area contributed by atoms with Crippen molar-refractivity contribution in [3.8, 4) is 0 Å². The Morgan fingerprint density at radius 1 is 1.30 bits per heavy atom. The fourth-order valence-corrected chi connectivity index (χ4v) is 3.94. The van der Waals surface area contributed by atoms with Crippen LogP contribution in [0.25, 0.3) is 0 Å². The number of halogens is 1. The predicted octanol–water partition coefficient (Wildman–Crippen LogP) is 1.52. The molecule has 1 aromatic carbocycles. The minimum Gasteiger partial charge on any atom is -0.385 e. The zero-order chi connectivity index (χ0) is 19.4. The van der Waals surface area contributed by atoms with Crippen LogP contribution in [0.3, 0.4) is 0 Å². The van der Waals surface area contributed by atoms with Gasteiger partial charge in [-0.25, -0.2) is 4.39 Å². The maximum absolute atomic E-state index is 13.1. The van der Waals surface area contributed by atoms with Crippen LogP contribution >= 0.6 is 0 Å². The highest BCUT2D eigenvalue weighted by Gasteiger charge is 2.38. The van der Waals surface area contributed by atoms with Crippen LogP contribution in [0.5, 0.6) is 0 Å². The van der Waals surface area contributed by atoms with E-state index in [0.29, 0.717) is 64.0 Å². The second kappa shape index (κ2) is 8.35. The fraction of sp³-hybridized carbons (Fsp3) is 0.600. The summed E-state index contributed by atoms with van der Waals surface area (Å²) in [7, 11) is 1.59. The Balaban J connectivity index is 1.58. The monoisotopic (exact) mass is 378 g/mol. The summed E-state index contributed by atoms with van der Waals surface area (Å²) in [4.78, 5) is 28.4. The van der Waals surface area contributed by atoms with Crippen molar-refractivity contribution in [1.82, 2.24) is 9.80 Å². The van der Waals surface area contributed by atoms with Crippen molar-refractivity contribution < 1.29 is 23.8 Å².